The van der Waals surface area contributed by atoms with E-state index in [-0.39, 0.29) is 5.91 Å². The van der Waals surface area contributed by atoms with E-state index in [4.69, 9.17) is 0 Å². The van der Waals surface area contributed by atoms with Gasteiger partial charge in [0, 0.05) is 12.7 Å². The molecule has 2 aromatic heterocycles. The quantitative estimate of drug-likeness (QED) is 0.745. The summed E-state index contributed by atoms with van der Waals surface area (Å²) in [4.78, 5) is 18.6. The van der Waals surface area contributed by atoms with Gasteiger partial charge in [-0.05, 0) is 23.3 Å². The first kappa shape index (κ1) is 13.1. The van der Waals surface area contributed by atoms with E-state index in [2.05, 4.69) is 20.4 Å². The van der Waals surface area contributed by atoms with Crippen LogP contribution >= 0.6 is 0 Å². The van der Waals surface area contributed by atoms with Gasteiger partial charge in [0.1, 0.15) is 18.3 Å². The van der Waals surface area contributed by atoms with Crippen LogP contribution in [0.25, 0.3) is 0 Å². The standard InChI is InChI=1S/C15H15N5O/c21-15(14-2-1-7-17-14)18-8-12-3-5-13(6-4-12)9-20-11-16-10-19-20/h1-7,10-11,17H,8-9H2,(H,18,21). The lowest BCUT2D eigenvalue weighted by Gasteiger charge is -2.06. The molecule has 3 rings (SSSR count). The van der Waals surface area contributed by atoms with Crippen LogP contribution in [-0.4, -0.2) is 25.7 Å². The zero-order chi connectivity index (χ0) is 14.5. The zero-order valence-corrected chi connectivity index (χ0v) is 11.4. The molecule has 106 valence electrons. The molecule has 1 amide bonds. The second kappa shape index (κ2) is 6.04. The minimum absolute atomic E-state index is 0.105. The molecule has 0 aliphatic rings. The van der Waals surface area contributed by atoms with Gasteiger partial charge < -0.3 is 10.3 Å². The number of nitrogens with zero attached hydrogens (tertiary/aromatic N) is 3. The van der Waals surface area contributed by atoms with E-state index in [0.29, 0.717) is 18.8 Å². The number of H-pyrrole nitrogens is 1. The summed E-state index contributed by atoms with van der Waals surface area (Å²) >= 11 is 0. The van der Waals surface area contributed by atoms with Crippen LogP contribution in [0, 0.1) is 0 Å². The lowest BCUT2D eigenvalue weighted by Crippen LogP contribution is -2.23. The minimum Gasteiger partial charge on any atom is -0.357 e. The van der Waals surface area contributed by atoms with Crippen molar-refractivity contribution in [1.82, 2.24) is 25.1 Å². The number of carbonyl (C=O) groups is 1. The van der Waals surface area contributed by atoms with Gasteiger partial charge in [-0.15, -0.1) is 0 Å². The largest absolute Gasteiger partial charge is 0.357 e. The van der Waals surface area contributed by atoms with Gasteiger partial charge in [-0.2, -0.15) is 5.10 Å². The molecule has 2 heterocycles. The highest BCUT2D eigenvalue weighted by Gasteiger charge is 2.05. The van der Waals surface area contributed by atoms with Gasteiger partial charge in [0.25, 0.3) is 5.91 Å². The van der Waals surface area contributed by atoms with Gasteiger partial charge >= 0.3 is 0 Å². The van der Waals surface area contributed by atoms with Crippen LogP contribution in [-0.2, 0) is 13.1 Å². The van der Waals surface area contributed by atoms with E-state index in [1.165, 1.54) is 6.33 Å². The van der Waals surface area contributed by atoms with Crippen LogP contribution in [0.3, 0.4) is 0 Å². The van der Waals surface area contributed by atoms with Crippen LogP contribution in [0.2, 0.25) is 0 Å². The molecule has 0 saturated heterocycles. The number of nitrogens with one attached hydrogen (secondary N) is 2. The van der Waals surface area contributed by atoms with E-state index >= 15 is 0 Å². The maximum atomic E-state index is 11.8. The van der Waals surface area contributed by atoms with Gasteiger partial charge in [-0.3, -0.25) is 4.79 Å². The molecule has 0 fully saturated rings. The van der Waals surface area contributed by atoms with Crippen molar-refractivity contribution >= 4 is 5.91 Å². The molecule has 0 saturated carbocycles. The molecule has 2 N–H and O–H groups in total. The Labute approximate surface area is 121 Å². The Bertz CT molecular complexity index is 686. The molecule has 3 aromatic rings. The molecule has 0 aliphatic carbocycles. The van der Waals surface area contributed by atoms with Crippen molar-refractivity contribution in [1.29, 1.82) is 0 Å². The van der Waals surface area contributed by atoms with Crippen molar-refractivity contribution < 1.29 is 4.79 Å². The molecule has 6 nitrogen and oxygen atoms in total. The average Bonchev–Trinajstić information content (AvgIpc) is 3.19. The smallest absolute Gasteiger partial charge is 0.267 e. The number of benzene rings is 1. The summed E-state index contributed by atoms with van der Waals surface area (Å²) in [5, 5.41) is 6.94. The summed E-state index contributed by atoms with van der Waals surface area (Å²) in [6.07, 6.45) is 4.93. The van der Waals surface area contributed by atoms with E-state index in [0.717, 1.165) is 11.1 Å². The first-order chi connectivity index (χ1) is 10.3. The fraction of sp³-hybridized carbons (Fsp3) is 0.133. The number of rotatable bonds is 5. The zero-order valence-electron chi connectivity index (χ0n) is 11.4. The second-order valence-corrected chi connectivity index (χ2v) is 4.68. The number of aromatic nitrogens is 4. The highest BCUT2D eigenvalue weighted by Crippen LogP contribution is 2.06. The monoisotopic (exact) mass is 281 g/mol. The predicted molar refractivity (Wildman–Crippen MR) is 77.5 cm³/mol. The van der Waals surface area contributed by atoms with Crippen LogP contribution in [0.4, 0.5) is 0 Å². The van der Waals surface area contributed by atoms with Gasteiger partial charge in [-0.1, -0.05) is 24.3 Å². The van der Waals surface area contributed by atoms with Crippen LogP contribution < -0.4 is 5.32 Å². The SMILES string of the molecule is O=C(NCc1ccc(Cn2cncn2)cc1)c1ccc[nH]1. The normalized spacial score (nSPS) is 10.5. The maximum Gasteiger partial charge on any atom is 0.267 e. The number of aromatic amines is 1. The summed E-state index contributed by atoms with van der Waals surface area (Å²) in [7, 11) is 0. The second-order valence-electron chi connectivity index (χ2n) is 4.68. The third-order valence-corrected chi connectivity index (χ3v) is 3.13. The molecule has 1 aromatic carbocycles. The van der Waals surface area contributed by atoms with Crippen molar-refractivity contribution in [2.45, 2.75) is 13.1 Å². The van der Waals surface area contributed by atoms with Gasteiger partial charge in [0.15, 0.2) is 0 Å². The molecule has 0 bridgehead atoms. The molecule has 0 spiro atoms. The van der Waals surface area contributed by atoms with Crippen molar-refractivity contribution in [3.8, 4) is 0 Å². The highest BCUT2D eigenvalue weighted by atomic mass is 16.1. The molecule has 0 aliphatic heterocycles. The molecule has 0 radical (unpaired) electrons. The molecular weight excluding hydrogens is 266 g/mol. The summed E-state index contributed by atoms with van der Waals surface area (Å²) in [5.74, 6) is -0.105. The molecule has 6 heteroatoms. The van der Waals surface area contributed by atoms with Crippen molar-refractivity contribution in [2.24, 2.45) is 0 Å². The number of hydrogen-bond donors (Lipinski definition) is 2. The molecule has 0 atom stereocenters. The average molecular weight is 281 g/mol. The van der Waals surface area contributed by atoms with E-state index in [1.807, 2.05) is 24.3 Å². The van der Waals surface area contributed by atoms with Crippen molar-refractivity contribution in [3.63, 3.8) is 0 Å². The van der Waals surface area contributed by atoms with Gasteiger partial charge in [0.05, 0.1) is 6.54 Å². The topological polar surface area (TPSA) is 75.6 Å². The summed E-state index contributed by atoms with van der Waals surface area (Å²) in [6.45, 7) is 1.19. The lowest BCUT2D eigenvalue weighted by atomic mass is 10.1. The van der Waals surface area contributed by atoms with Gasteiger partial charge in [0.2, 0.25) is 0 Å². The van der Waals surface area contributed by atoms with E-state index < -0.39 is 0 Å². The summed E-state index contributed by atoms with van der Waals surface area (Å²) < 4.78 is 1.77. The minimum atomic E-state index is -0.105. The number of carbonyl (C=O) groups excluding carboxylic acids is 1. The Morgan fingerprint density at radius 2 is 2.00 bits per heavy atom. The fourth-order valence-corrected chi connectivity index (χ4v) is 2.01. The Morgan fingerprint density at radius 1 is 1.19 bits per heavy atom. The van der Waals surface area contributed by atoms with Gasteiger partial charge in [-0.25, -0.2) is 9.67 Å². The number of amides is 1. The predicted octanol–water partition coefficient (Wildman–Crippen LogP) is 1.58. The Balaban J connectivity index is 1.56. The van der Waals surface area contributed by atoms with Crippen LogP contribution in [0.15, 0.2) is 55.2 Å². The van der Waals surface area contributed by atoms with Crippen LogP contribution in [0.5, 0.6) is 0 Å². The first-order valence-corrected chi connectivity index (χ1v) is 6.63. The number of hydrogen-bond acceptors (Lipinski definition) is 3. The summed E-state index contributed by atoms with van der Waals surface area (Å²) in [6, 6.07) is 11.6. The third kappa shape index (κ3) is 3.36. The lowest BCUT2D eigenvalue weighted by molar-refractivity contribution is 0.0946. The Morgan fingerprint density at radius 3 is 2.67 bits per heavy atom. The third-order valence-electron chi connectivity index (χ3n) is 3.13. The molecule has 0 unspecified atom stereocenters. The van der Waals surface area contributed by atoms with Crippen molar-refractivity contribution in [2.75, 3.05) is 0 Å². The van der Waals surface area contributed by atoms with Crippen molar-refractivity contribution in [3.05, 3.63) is 72.1 Å². The first-order valence-electron chi connectivity index (χ1n) is 6.63. The Kier molecular flexibility index (Phi) is 3.77. The molecule has 21 heavy (non-hydrogen) atoms. The maximum absolute atomic E-state index is 11.8. The molecular formula is C15H15N5O. The van der Waals surface area contributed by atoms with E-state index in [9.17, 15) is 4.79 Å². The van der Waals surface area contributed by atoms with E-state index in [1.54, 1.807) is 29.3 Å². The highest BCUT2D eigenvalue weighted by molar-refractivity contribution is 5.92. The van der Waals surface area contributed by atoms with Crippen LogP contribution in [0.1, 0.15) is 21.6 Å². The summed E-state index contributed by atoms with van der Waals surface area (Å²) in [5.41, 5.74) is 2.76. The Hall–Kier alpha value is -2.89. The fourth-order valence-electron chi connectivity index (χ4n) is 2.01.